The second-order valence-electron chi connectivity index (χ2n) is 8.09. The number of aromatic nitrogens is 3. The highest BCUT2D eigenvalue weighted by atomic mass is 32.2. The zero-order valence-electron chi connectivity index (χ0n) is 17.8. The lowest BCUT2D eigenvalue weighted by atomic mass is 10.1. The first-order valence-electron chi connectivity index (χ1n) is 10.6. The molecule has 2 aromatic carbocycles. The van der Waals surface area contributed by atoms with Crippen LogP contribution in [0.5, 0.6) is 0 Å². The van der Waals surface area contributed by atoms with Gasteiger partial charge in [-0.2, -0.15) is 0 Å². The van der Waals surface area contributed by atoms with Crippen LogP contribution in [0.15, 0.2) is 53.7 Å². The summed E-state index contributed by atoms with van der Waals surface area (Å²) < 4.78 is 2.05. The van der Waals surface area contributed by atoms with Crippen LogP contribution in [0.3, 0.4) is 0 Å². The van der Waals surface area contributed by atoms with Crippen LogP contribution in [0.2, 0.25) is 0 Å². The van der Waals surface area contributed by atoms with E-state index in [2.05, 4.69) is 77.9 Å². The number of carbonyl (C=O) groups excluding carboxylic acids is 1. The molecule has 1 heterocycles. The number of amides is 1. The van der Waals surface area contributed by atoms with Crippen molar-refractivity contribution in [2.45, 2.75) is 62.9 Å². The number of hydrogen-bond donors (Lipinski definition) is 1. The van der Waals surface area contributed by atoms with E-state index >= 15 is 0 Å². The Kier molecular flexibility index (Phi) is 6.23. The second kappa shape index (κ2) is 9.04. The molecule has 4 rings (SSSR count). The Morgan fingerprint density at radius 1 is 1.00 bits per heavy atom. The molecule has 1 saturated carbocycles. The monoisotopic (exact) mass is 420 g/mol. The lowest BCUT2D eigenvalue weighted by Gasteiger charge is -2.17. The van der Waals surface area contributed by atoms with Crippen LogP contribution in [0, 0.1) is 13.8 Å². The quantitative estimate of drug-likeness (QED) is 0.564. The van der Waals surface area contributed by atoms with Gasteiger partial charge in [0.15, 0.2) is 11.0 Å². The van der Waals surface area contributed by atoms with Gasteiger partial charge in [0.1, 0.15) is 0 Å². The Labute approximate surface area is 182 Å². The maximum absolute atomic E-state index is 12.7. The lowest BCUT2D eigenvalue weighted by Crippen LogP contribution is -2.37. The third-order valence-corrected chi connectivity index (χ3v) is 6.63. The molecular weight excluding hydrogens is 392 g/mol. The maximum atomic E-state index is 12.7. The van der Waals surface area contributed by atoms with Crippen molar-refractivity contribution in [3.05, 3.63) is 59.7 Å². The zero-order chi connectivity index (χ0) is 21.1. The summed E-state index contributed by atoms with van der Waals surface area (Å²) in [6.07, 6.45) is 4.57. The smallest absolute Gasteiger partial charge is 0.233 e. The molecule has 1 N–H and O–H groups in total. The van der Waals surface area contributed by atoms with Gasteiger partial charge in [-0.3, -0.25) is 9.36 Å². The fourth-order valence-corrected chi connectivity index (χ4v) is 4.64. The van der Waals surface area contributed by atoms with Gasteiger partial charge in [0.05, 0.1) is 5.25 Å². The molecule has 0 bridgehead atoms. The predicted octanol–water partition coefficient (Wildman–Crippen LogP) is 5.09. The Bertz CT molecular complexity index is 1000. The van der Waals surface area contributed by atoms with E-state index in [-0.39, 0.29) is 11.2 Å². The molecule has 1 fully saturated rings. The highest BCUT2D eigenvalue weighted by Crippen LogP contribution is 2.31. The summed E-state index contributed by atoms with van der Waals surface area (Å²) >= 11 is 1.46. The largest absolute Gasteiger partial charge is 0.352 e. The van der Waals surface area contributed by atoms with Gasteiger partial charge >= 0.3 is 0 Å². The van der Waals surface area contributed by atoms with E-state index in [1.165, 1.54) is 35.7 Å². The topological polar surface area (TPSA) is 59.8 Å². The molecule has 30 heavy (non-hydrogen) atoms. The maximum Gasteiger partial charge on any atom is 0.233 e. The molecule has 0 radical (unpaired) electrons. The highest BCUT2D eigenvalue weighted by Gasteiger charge is 2.24. The molecular formula is C24H28N4OS. The highest BCUT2D eigenvalue weighted by molar-refractivity contribution is 8.00. The average Bonchev–Trinajstić information content (AvgIpc) is 3.39. The fraction of sp³-hybridized carbons (Fsp3) is 0.375. The molecule has 0 spiro atoms. The van der Waals surface area contributed by atoms with Gasteiger partial charge in [-0.25, -0.2) is 0 Å². The first-order chi connectivity index (χ1) is 14.5. The molecule has 0 aliphatic heterocycles. The summed E-state index contributed by atoms with van der Waals surface area (Å²) in [5, 5.41) is 12.6. The van der Waals surface area contributed by atoms with Gasteiger partial charge in [0, 0.05) is 17.3 Å². The summed E-state index contributed by atoms with van der Waals surface area (Å²) in [5.41, 5.74) is 4.39. The van der Waals surface area contributed by atoms with E-state index in [0.29, 0.717) is 6.04 Å². The van der Waals surface area contributed by atoms with Crippen LogP contribution in [0.25, 0.3) is 17.1 Å². The minimum Gasteiger partial charge on any atom is -0.352 e. The number of nitrogens with zero attached hydrogens (tertiary/aromatic N) is 3. The van der Waals surface area contributed by atoms with Gasteiger partial charge in [-0.15, -0.1) is 10.2 Å². The molecule has 156 valence electrons. The molecule has 5 nitrogen and oxygen atoms in total. The van der Waals surface area contributed by atoms with Crippen molar-refractivity contribution in [3.63, 3.8) is 0 Å². The number of hydrogen-bond acceptors (Lipinski definition) is 4. The Morgan fingerprint density at radius 2 is 1.60 bits per heavy atom. The SMILES string of the molecule is Cc1ccc(-c2nnc(S[C@@H](C)C(=O)NC3CCCC3)n2-c2ccc(C)cc2)cc1. The number of nitrogens with one attached hydrogen (secondary N) is 1. The van der Waals surface area contributed by atoms with Crippen LogP contribution < -0.4 is 5.32 Å². The van der Waals surface area contributed by atoms with E-state index in [4.69, 9.17) is 0 Å². The normalized spacial score (nSPS) is 15.3. The molecule has 6 heteroatoms. The van der Waals surface area contributed by atoms with Crippen LogP contribution in [0.4, 0.5) is 0 Å². The average molecular weight is 421 g/mol. The van der Waals surface area contributed by atoms with E-state index in [0.717, 1.165) is 35.1 Å². The third-order valence-electron chi connectivity index (χ3n) is 5.59. The standard InChI is InChI=1S/C24H28N4OS/c1-16-8-12-19(13-9-16)22-26-27-24(28(22)21-14-10-17(2)11-15-21)30-18(3)23(29)25-20-6-4-5-7-20/h8-15,18,20H,4-7H2,1-3H3,(H,25,29)/t18-/m0/s1. The molecule has 3 aromatic rings. The van der Waals surface area contributed by atoms with Crippen molar-refractivity contribution in [3.8, 4) is 17.1 Å². The molecule has 1 amide bonds. The molecule has 1 aromatic heterocycles. The van der Waals surface area contributed by atoms with Crippen molar-refractivity contribution in [2.24, 2.45) is 0 Å². The molecule has 1 aliphatic carbocycles. The number of benzene rings is 2. The Balaban J connectivity index is 1.64. The van der Waals surface area contributed by atoms with Crippen molar-refractivity contribution < 1.29 is 4.79 Å². The van der Waals surface area contributed by atoms with Crippen molar-refractivity contribution in [1.29, 1.82) is 0 Å². The van der Waals surface area contributed by atoms with Gasteiger partial charge in [-0.1, -0.05) is 72.1 Å². The number of thioether (sulfide) groups is 1. The van der Waals surface area contributed by atoms with E-state index in [9.17, 15) is 4.79 Å². The summed E-state index contributed by atoms with van der Waals surface area (Å²) in [4.78, 5) is 12.7. The molecule has 1 atom stereocenters. The lowest BCUT2D eigenvalue weighted by molar-refractivity contribution is -0.120. The number of aryl methyl sites for hydroxylation is 2. The second-order valence-corrected chi connectivity index (χ2v) is 9.40. The van der Waals surface area contributed by atoms with Crippen molar-refractivity contribution in [2.75, 3.05) is 0 Å². The zero-order valence-corrected chi connectivity index (χ0v) is 18.6. The van der Waals surface area contributed by atoms with E-state index in [1.54, 1.807) is 0 Å². The minimum atomic E-state index is -0.245. The summed E-state index contributed by atoms with van der Waals surface area (Å²) in [7, 11) is 0. The third kappa shape index (κ3) is 4.59. The van der Waals surface area contributed by atoms with Gasteiger partial charge < -0.3 is 5.32 Å². The summed E-state index contributed by atoms with van der Waals surface area (Å²) in [6, 6.07) is 16.9. The van der Waals surface area contributed by atoms with Crippen molar-refractivity contribution in [1.82, 2.24) is 20.1 Å². The fourth-order valence-electron chi connectivity index (χ4n) is 3.76. The molecule has 1 aliphatic rings. The summed E-state index contributed by atoms with van der Waals surface area (Å²) in [6.45, 7) is 6.08. The number of carbonyl (C=O) groups is 1. The van der Waals surface area contributed by atoms with Crippen LogP contribution >= 0.6 is 11.8 Å². The predicted molar refractivity (Wildman–Crippen MR) is 122 cm³/mol. The Morgan fingerprint density at radius 3 is 2.23 bits per heavy atom. The van der Waals surface area contributed by atoms with Crippen LogP contribution in [0.1, 0.15) is 43.7 Å². The van der Waals surface area contributed by atoms with Crippen LogP contribution in [-0.2, 0) is 4.79 Å². The summed E-state index contributed by atoms with van der Waals surface area (Å²) in [5.74, 6) is 0.854. The van der Waals surface area contributed by atoms with Crippen molar-refractivity contribution >= 4 is 17.7 Å². The number of rotatable bonds is 6. The van der Waals surface area contributed by atoms with Gasteiger partial charge in [-0.05, 0) is 45.7 Å². The van der Waals surface area contributed by atoms with Gasteiger partial charge in [0.2, 0.25) is 5.91 Å². The molecule has 0 unspecified atom stereocenters. The van der Waals surface area contributed by atoms with E-state index < -0.39 is 0 Å². The Hall–Kier alpha value is -2.60. The first kappa shape index (κ1) is 20.7. The molecule has 0 saturated heterocycles. The minimum absolute atomic E-state index is 0.0715. The van der Waals surface area contributed by atoms with Crippen LogP contribution in [-0.4, -0.2) is 32.0 Å². The first-order valence-corrected chi connectivity index (χ1v) is 11.5. The van der Waals surface area contributed by atoms with Gasteiger partial charge in [0.25, 0.3) is 0 Å². The van der Waals surface area contributed by atoms with E-state index in [1.807, 2.05) is 11.5 Å².